The fourth-order valence-electron chi connectivity index (χ4n) is 2.84. The fourth-order valence-corrected chi connectivity index (χ4v) is 2.84. The first kappa shape index (κ1) is 16.2. The van der Waals surface area contributed by atoms with E-state index in [0.717, 1.165) is 17.9 Å². The van der Waals surface area contributed by atoms with E-state index in [0.29, 0.717) is 25.4 Å². The molecule has 0 aliphatic carbocycles. The van der Waals surface area contributed by atoms with Crippen molar-refractivity contribution >= 4 is 11.8 Å². The molecule has 2 aromatic heterocycles. The third kappa shape index (κ3) is 3.47. The molecule has 2 amide bonds. The van der Waals surface area contributed by atoms with Gasteiger partial charge in [0.25, 0.3) is 5.91 Å². The van der Waals surface area contributed by atoms with Crippen molar-refractivity contribution in [1.29, 1.82) is 0 Å². The Bertz CT molecular complexity index is 733. The van der Waals surface area contributed by atoms with E-state index in [-0.39, 0.29) is 17.5 Å². The SMILES string of the molecule is CC(C)c1nccn1Cc1cc(C(=O)NC2CCCNC2=O)n[nH]1. The van der Waals surface area contributed by atoms with Crippen LogP contribution in [0.5, 0.6) is 0 Å². The first-order chi connectivity index (χ1) is 11.5. The second kappa shape index (κ2) is 6.86. The molecule has 1 fully saturated rings. The number of amides is 2. The van der Waals surface area contributed by atoms with Crippen LogP contribution in [0.25, 0.3) is 0 Å². The van der Waals surface area contributed by atoms with E-state index in [9.17, 15) is 9.59 Å². The van der Waals surface area contributed by atoms with Crippen molar-refractivity contribution < 1.29 is 9.59 Å². The number of hydrogen-bond donors (Lipinski definition) is 3. The number of nitrogens with one attached hydrogen (secondary N) is 3. The third-order valence-corrected chi connectivity index (χ3v) is 4.06. The highest BCUT2D eigenvalue weighted by Crippen LogP contribution is 2.13. The Hall–Kier alpha value is -2.64. The molecule has 1 atom stereocenters. The molecule has 1 unspecified atom stereocenters. The summed E-state index contributed by atoms with van der Waals surface area (Å²) in [5, 5.41) is 12.4. The van der Waals surface area contributed by atoms with E-state index in [1.807, 2.05) is 10.8 Å². The summed E-state index contributed by atoms with van der Waals surface area (Å²) in [4.78, 5) is 28.3. The average molecular weight is 330 g/mol. The van der Waals surface area contributed by atoms with Crippen LogP contribution >= 0.6 is 0 Å². The van der Waals surface area contributed by atoms with Gasteiger partial charge >= 0.3 is 0 Å². The first-order valence-electron chi connectivity index (χ1n) is 8.18. The molecule has 1 saturated heterocycles. The van der Waals surface area contributed by atoms with Crippen LogP contribution in [0.1, 0.15) is 54.6 Å². The van der Waals surface area contributed by atoms with Crippen molar-refractivity contribution in [1.82, 2.24) is 30.4 Å². The summed E-state index contributed by atoms with van der Waals surface area (Å²) in [5.74, 6) is 0.824. The molecule has 0 aromatic carbocycles. The van der Waals surface area contributed by atoms with E-state index in [4.69, 9.17) is 0 Å². The Labute approximate surface area is 140 Å². The lowest BCUT2D eigenvalue weighted by Gasteiger charge is -2.22. The number of piperidine rings is 1. The Morgan fingerprint density at radius 2 is 2.33 bits per heavy atom. The lowest BCUT2D eigenvalue weighted by Crippen LogP contribution is -2.50. The van der Waals surface area contributed by atoms with Crippen molar-refractivity contribution in [3.05, 3.63) is 35.7 Å². The van der Waals surface area contributed by atoms with Crippen molar-refractivity contribution in [2.24, 2.45) is 0 Å². The summed E-state index contributed by atoms with van der Waals surface area (Å²) in [6.45, 7) is 5.40. The Morgan fingerprint density at radius 1 is 1.50 bits per heavy atom. The van der Waals surface area contributed by atoms with Gasteiger partial charge in [-0.3, -0.25) is 14.7 Å². The number of hydrogen-bond acceptors (Lipinski definition) is 4. The lowest BCUT2D eigenvalue weighted by molar-refractivity contribution is -0.124. The molecule has 3 N–H and O–H groups in total. The minimum atomic E-state index is -0.479. The zero-order valence-corrected chi connectivity index (χ0v) is 13.9. The van der Waals surface area contributed by atoms with Crippen LogP contribution in [0.4, 0.5) is 0 Å². The maximum Gasteiger partial charge on any atom is 0.272 e. The molecule has 2 aromatic rings. The average Bonchev–Trinajstić information content (AvgIpc) is 3.19. The molecule has 1 aliphatic heterocycles. The maximum atomic E-state index is 12.3. The predicted molar refractivity (Wildman–Crippen MR) is 87.5 cm³/mol. The molecule has 3 heterocycles. The fraction of sp³-hybridized carbons (Fsp3) is 0.500. The molecule has 0 bridgehead atoms. The van der Waals surface area contributed by atoms with Crippen LogP contribution in [0.2, 0.25) is 0 Å². The first-order valence-corrected chi connectivity index (χ1v) is 8.18. The molecule has 1 aliphatic rings. The number of rotatable bonds is 5. The second-order valence-electron chi connectivity index (χ2n) is 6.31. The number of aromatic nitrogens is 4. The van der Waals surface area contributed by atoms with Gasteiger partial charge in [0, 0.05) is 24.9 Å². The van der Waals surface area contributed by atoms with Gasteiger partial charge < -0.3 is 15.2 Å². The van der Waals surface area contributed by atoms with Gasteiger partial charge in [-0.1, -0.05) is 13.8 Å². The monoisotopic (exact) mass is 330 g/mol. The molecule has 8 heteroatoms. The molecular weight excluding hydrogens is 308 g/mol. The summed E-state index contributed by atoms with van der Waals surface area (Å²) >= 11 is 0. The molecule has 0 radical (unpaired) electrons. The highest BCUT2D eigenvalue weighted by atomic mass is 16.2. The number of imidazole rings is 1. The highest BCUT2D eigenvalue weighted by molar-refractivity contribution is 5.96. The largest absolute Gasteiger partial charge is 0.354 e. The van der Waals surface area contributed by atoms with Crippen LogP contribution < -0.4 is 10.6 Å². The zero-order chi connectivity index (χ0) is 17.1. The van der Waals surface area contributed by atoms with Crippen LogP contribution in [0.15, 0.2) is 18.5 Å². The predicted octanol–water partition coefficient (Wildman–Crippen LogP) is 0.786. The van der Waals surface area contributed by atoms with Crippen LogP contribution in [-0.4, -0.2) is 44.1 Å². The van der Waals surface area contributed by atoms with Crippen molar-refractivity contribution in [2.45, 2.75) is 45.2 Å². The van der Waals surface area contributed by atoms with Gasteiger partial charge in [-0.2, -0.15) is 5.10 Å². The number of aromatic amines is 1. The van der Waals surface area contributed by atoms with Gasteiger partial charge in [-0.25, -0.2) is 4.98 Å². The van der Waals surface area contributed by atoms with E-state index in [1.165, 1.54) is 0 Å². The Morgan fingerprint density at radius 3 is 3.08 bits per heavy atom. The van der Waals surface area contributed by atoms with Crippen molar-refractivity contribution in [2.75, 3.05) is 6.54 Å². The number of carbonyl (C=O) groups is 2. The molecule has 8 nitrogen and oxygen atoms in total. The van der Waals surface area contributed by atoms with Crippen LogP contribution in [0, 0.1) is 0 Å². The smallest absolute Gasteiger partial charge is 0.272 e. The summed E-state index contributed by atoms with van der Waals surface area (Å²) in [6.07, 6.45) is 5.19. The van der Waals surface area contributed by atoms with Crippen LogP contribution in [-0.2, 0) is 11.3 Å². The normalized spacial score (nSPS) is 17.8. The molecule has 0 spiro atoms. The second-order valence-corrected chi connectivity index (χ2v) is 6.31. The van der Waals surface area contributed by atoms with E-state index >= 15 is 0 Å². The van der Waals surface area contributed by atoms with Gasteiger partial charge in [0.15, 0.2) is 0 Å². The minimum absolute atomic E-state index is 0.134. The van der Waals surface area contributed by atoms with Gasteiger partial charge in [0.1, 0.15) is 17.6 Å². The van der Waals surface area contributed by atoms with Crippen molar-refractivity contribution in [3.63, 3.8) is 0 Å². The molecule has 3 rings (SSSR count). The van der Waals surface area contributed by atoms with E-state index < -0.39 is 6.04 Å². The topological polar surface area (TPSA) is 105 Å². The molecule has 0 saturated carbocycles. The summed E-state index contributed by atoms with van der Waals surface area (Å²) < 4.78 is 2.02. The standard InChI is InChI=1S/C16H22N6O2/c1-10(2)14-17-6-7-22(14)9-11-8-13(21-20-11)16(24)19-12-4-3-5-18-15(12)23/h6-8,10,12H,3-5,9H2,1-2H3,(H,18,23)(H,19,24)(H,20,21). The highest BCUT2D eigenvalue weighted by Gasteiger charge is 2.25. The van der Waals surface area contributed by atoms with Gasteiger partial charge in [-0.05, 0) is 18.9 Å². The summed E-state index contributed by atoms with van der Waals surface area (Å²) in [7, 11) is 0. The Kier molecular flexibility index (Phi) is 4.64. The van der Waals surface area contributed by atoms with Gasteiger partial charge in [0.05, 0.1) is 12.2 Å². The third-order valence-electron chi connectivity index (χ3n) is 4.06. The molecule has 128 valence electrons. The Balaban J connectivity index is 1.65. The van der Waals surface area contributed by atoms with Gasteiger partial charge in [0.2, 0.25) is 5.91 Å². The maximum absolute atomic E-state index is 12.3. The van der Waals surface area contributed by atoms with Gasteiger partial charge in [-0.15, -0.1) is 0 Å². The molecular formula is C16H22N6O2. The zero-order valence-electron chi connectivity index (χ0n) is 13.9. The minimum Gasteiger partial charge on any atom is -0.354 e. The number of H-pyrrole nitrogens is 1. The number of nitrogens with zero attached hydrogens (tertiary/aromatic N) is 3. The lowest BCUT2D eigenvalue weighted by atomic mass is 10.1. The quantitative estimate of drug-likeness (QED) is 0.753. The summed E-state index contributed by atoms with van der Waals surface area (Å²) in [6, 6.07) is 1.23. The van der Waals surface area contributed by atoms with E-state index in [1.54, 1.807) is 12.3 Å². The molecule has 24 heavy (non-hydrogen) atoms. The van der Waals surface area contributed by atoms with E-state index in [2.05, 4.69) is 39.7 Å². The van der Waals surface area contributed by atoms with Crippen molar-refractivity contribution in [3.8, 4) is 0 Å². The summed E-state index contributed by atoms with van der Waals surface area (Å²) in [5.41, 5.74) is 1.10. The van der Waals surface area contributed by atoms with Crippen LogP contribution in [0.3, 0.4) is 0 Å². The number of carbonyl (C=O) groups excluding carboxylic acids is 2.